The van der Waals surface area contributed by atoms with Crippen molar-refractivity contribution in [1.82, 2.24) is 19.4 Å². The van der Waals surface area contributed by atoms with E-state index in [1.54, 1.807) is 16.8 Å². The molecular formula is C30H31N5O3. The van der Waals surface area contributed by atoms with Gasteiger partial charge in [0.25, 0.3) is 5.56 Å². The first-order valence-electron chi connectivity index (χ1n) is 13.1. The van der Waals surface area contributed by atoms with Crippen molar-refractivity contribution < 1.29 is 9.53 Å². The number of nitriles is 1. The maximum atomic E-state index is 13.4. The van der Waals surface area contributed by atoms with Gasteiger partial charge in [-0.2, -0.15) is 5.26 Å². The molecule has 4 aromatic rings. The molecule has 2 heterocycles. The SMILES string of the molecule is CCn1ccc2nc([C@@H]3CCCC(NC(=O)OCc4ccccc4)C3)n(Cc3ccccc3C#N)c2c1=O. The molecule has 0 saturated heterocycles. The van der Waals surface area contributed by atoms with Gasteiger partial charge in [-0.05, 0) is 49.4 Å². The van der Waals surface area contributed by atoms with Crippen LogP contribution in [0, 0.1) is 11.3 Å². The monoisotopic (exact) mass is 509 g/mol. The average molecular weight is 510 g/mol. The van der Waals surface area contributed by atoms with Crippen molar-refractivity contribution in [2.24, 2.45) is 0 Å². The number of amides is 1. The molecular weight excluding hydrogens is 478 g/mol. The number of fused-ring (bicyclic) bond motifs is 1. The van der Waals surface area contributed by atoms with Gasteiger partial charge in [0.15, 0.2) is 0 Å². The number of carbonyl (C=O) groups is 1. The van der Waals surface area contributed by atoms with E-state index in [2.05, 4.69) is 11.4 Å². The fourth-order valence-corrected chi connectivity index (χ4v) is 5.34. The Morgan fingerprint density at radius 1 is 1.13 bits per heavy atom. The van der Waals surface area contributed by atoms with Crippen LogP contribution in [0.3, 0.4) is 0 Å². The van der Waals surface area contributed by atoms with Crippen LogP contribution >= 0.6 is 0 Å². The number of hydrogen-bond donors (Lipinski definition) is 1. The Bertz CT molecular complexity index is 1530. The third kappa shape index (κ3) is 5.32. The van der Waals surface area contributed by atoms with Gasteiger partial charge in [-0.1, -0.05) is 55.0 Å². The lowest BCUT2D eigenvalue weighted by atomic mass is 9.85. The Kier molecular flexibility index (Phi) is 7.55. The van der Waals surface area contributed by atoms with Gasteiger partial charge in [0.2, 0.25) is 0 Å². The fourth-order valence-electron chi connectivity index (χ4n) is 5.34. The molecule has 1 aliphatic rings. The highest BCUT2D eigenvalue weighted by molar-refractivity contribution is 5.75. The quantitative estimate of drug-likeness (QED) is 0.374. The number of carbonyl (C=O) groups excluding carboxylic acids is 1. The summed E-state index contributed by atoms with van der Waals surface area (Å²) in [6.07, 6.45) is 4.74. The molecule has 1 unspecified atom stereocenters. The van der Waals surface area contributed by atoms with E-state index < -0.39 is 6.09 Å². The minimum Gasteiger partial charge on any atom is -0.445 e. The number of nitrogens with zero attached hydrogens (tertiary/aromatic N) is 4. The summed E-state index contributed by atoms with van der Waals surface area (Å²) in [6, 6.07) is 21.2. The van der Waals surface area contributed by atoms with Crippen LogP contribution in [0.2, 0.25) is 0 Å². The summed E-state index contributed by atoms with van der Waals surface area (Å²) in [5, 5.41) is 12.7. The van der Waals surface area contributed by atoms with Crippen molar-refractivity contribution in [2.75, 3.05) is 0 Å². The van der Waals surface area contributed by atoms with E-state index in [1.165, 1.54) is 0 Å². The Labute approximate surface area is 221 Å². The molecule has 1 aliphatic carbocycles. The summed E-state index contributed by atoms with van der Waals surface area (Å²) in [5.41, 5.74) is 3.48. The molecule has 0 spiro atoms. The number of aryl methyl sites for hydroxylation is 1. The van der Waals surface area contributed by atoms with Gasteiger partial charge in [-0.15, -0.1) is 0 Å². The van der Waals surface area contributed by atoms with Crippen LogP contribution in [0.15, 0.2) is 71.7 Å². The molecule has 2 atom stereocenters. The normalized spacial score (nSPS) is 17.2. The summed E-state index contributed by atoms with van der Waals surface area (Å²) >= 11 is 0. The van der Waals surface area contributed by atoms with E-state index in [0.29, 0.717) is 36.1 Å². The summed E-state index contributed by atoms with van der Waals surface area (Å²) in [6.45, 7) is 3.10. The summed E-state index contributed by atoms with van der Waals surface area (Å²) in [5.74, 6) is 0.877. The lowest BCUT2D eigenvalue weighted by molar-refractivity contribution is 0.132. The first-order chi connectivity index (χ1) is 18.6. The number of nitrogens with one attached hydrogen (secondary N) is 1. The Balaban J connectivity index is 1.41. The van der Waals surface area contributed by atoms with Crippen molar-refractivity contribution in [2.45, 2.75) is 64.3 Å². The molecule has 0 aliphatic heterocycles. The van der Waals surface area contributed by atoms with Crippen molar-refractivity contribution in [3.05, 3.63) is 99.7 Å². The number of pyridine rings is 1. The number of ether oxygens (including phenoxy) is 1. The molecule has 38 heavy (non-hydrogen) atoms. The fraction of sp³-hybridized carbons (Fsp3) is 0.333. The largest absolute Gasteiger partial charge is 0.445 e. The van der Waals surface area contributed by atoms with Gasteiger partial charge >= 0.3 is 6.09 Å². The number of imidazole rings is 1. The second kappa shape index (κ2) is 11.3. The third-order valence-corrected chi connectivity index (χ3v) is 7.28. The maximum Gasteiger partial charge on any atom is 0.407 e. The first-order valence-corrected chi connectivity index (χ1v) is 13.1. The Morgan fingerprint density at radius 3 is 2.71 bits per heavy atom. The lowest BCUT2D eigenvalue weighted by Crippen LogP contribution is -2.38. The Morgan fingerprint density at radius 2 is 1.92 bits per heavy atom. The minimum absolute atomic E-state index is 0.0519. The number of hydrogen-bond acceptors (Lipinski definition) is 5. The summed E-state index contributed by atoms with van der Waals surface area (Å²) in [7, 11) is 0. The average Bonchev–Trinajstić information content (AvgIpc) is 3.32. The van der Waals surface area contributed by atoms with E-state index >= 15 is 0 Å². The van der Waals surface area contributed by atoms with Crippen molar-refractivity contribution in [1.29, 1.82) is 5.26 Å². The highest BCUT2D eigenvalue weighted by atomic mass is 16.5. The smallest absolute Gasteiger partial charge is 0.407 e. The molecule has 194 valence electrons. The molecule has 1 fully saturated rings. The lowest BCUT2D eigenvalue weighted by Gasteiger charge is -2.29. The van der Waals surface area contributed by atoms with Crippen molar-refractivity contribution in [3.63, 3.8) is 0 Å². The highest BCUT2D eigenvalue weighted by Crippen LogP contribution is 2.34. The van der Waals surface area contributed by atoms with Gasteiger partial charge in [0, 0.05) is 24.7 Å². The van der Waals surface area contributed by atoms with Gasteiger partial charge in [0.05, 0.1) is 23.7 Å². The highest BCUT2D eigenvalue weighted by Gasteiger charge is 2.30. The predicted molar refractivity (Wildman–Crippen MR) is 145 cm³/mol. The van der Waals surface area contributed by atoms with Crippen LogP contribution in [0.1, 0.15) is 61.0 Å². The zero-order valence-electron chi connectivity index (χ0n) is 21.5. The minimum atomic E-state index is -0.429. The van der Waals surface area contributed by atoms with Crippen LogP contribution < -0.4 is 10.9 Å². The molecule has 1 saturated carbocycles. The first kappa shape index (κ1) is 25.3. The van der Waals surface area contributed by atoms with Gasteiger partial charge in [-0.25, -0.2) is 9.78 Å². The maximum absolute atomic E-state index is 13.4. The topological polar surface area (TPSA) is 102 Å². The van der Waals surface area contributed by atoms with E-state index in [4.69, 9.17) is 9.72 Å². The van der Waals surface area contributed by atoms with Crippen molar-refractivity contribution in [3.8, 4) is 6.07 Å². The molecule has 1 N–H and O–H groups in total. The number of aromatic nitrogens is 3. The van der Waals surface area contributed by atoms with Gasteiger partial charge in [-0.3, -0.25) is 4.79 Å². The standard InChI is InChI=1S/C30H31N5O3/c1-2-34-16-15-26-27(29(34)36)35(19-24-12-7-6-11-23(24)18-31)28(33-26)22-13-8-14-25(17-22)32-30(37)38-20-21-9-4-3-5-10-21/h3-7,9-12,15-16,22,25H,2,8,13-14,17,19-20H2,1H3,(H,32,37)/t22-,25?/m1/s1. The summed E-state index contributed by atoms with van der Waals surface area (Å²) < 4.78 is 9.11. The predicted octanol–water partition coefficient (Wildman–Crippen LogP) is 5.09. The van der Waals surface area contributed by atoms with E-state index in [9.17, 15) is 14.9 Å². The molecule has 8 heteroatoms. The zero-order valence-corrected chi connectivity index (χ0v) is 21.5. The van der Waals surface area contributed by atoms with Crippen LogP contribution in [0.4, 0.5) is 4.79 Å². The molecule has 2 aromatic heterocycles. The second-order valence-corrected chi connectivity index (χ2v) is 9.73. The number of benzene rings is 2. The van der Waals surface area contributed by atoms with E-state index in [1.807, 2.05) is 66.1 Å². The van der Waals surface area contributed by atoms with Gasteiger partial charge in [0.1, 0.15) is 17.9 Å². The molecule has 0 radical (unpaired) electrons. The summed E-state index contributed by atoms with van der Waals surface area (Å²) in [4.78, 5) is 30.9. The zero-order chi connectivity index (χ0) is 26.5. The van der Waals surface area contributed by atoms with Gasteiger partial charge < -0.3 is 19.2 Å². The van der Waals surface area contributed by atoms with Crippen molar-refractivity contribution >= 4 is 17.1 Å². The molecule has 1 amide bonds. The second-order valence-electron chi connectivity index (χ2n) is 9.73. The molecule has 0 bridgehead atoms. The van der Waals surface area contributed by atoms with Crippen LogP contribution in [0.5, 0.6) is 0 Å². The third-order valence-electron chi connectivity index (χ3n) is 7.28. The van der Waals surface area contributed by atoms with E-state index in [0.717, 1.165) is 36.2 Å². The number of rotatable bonds is 7. The van der Waals surface area contributed by atoms with Crippen LogP contribution in [-0.2, 0) is 24.4 Å². The van der Waals surface area contributed by atoms with Crippen LogP contribution in [0.25, 0.3) is 11.0 Å². The van der Waals surface area contributed by atoms with E-state index in [-0.39, 0.29) is 24.1 Å². The number of alkyl carbamates (subject to hydrolysis) is 1. The van der Waals surface area contributed by atoms with Crippen LogP contribution in [-0.4, -0.2) is 26.3 Å². The molecule has 8 nitrogen and oxygen atoms in total. The Hall–Kier alpha value is -4.38. The molecule has 5 rings (SSSR count). The molecule has 2 aromatic carbocycles.